The molecule has 1 heterocycles. The summed E-state index contributed by atoms with van der Waals surface area (Å²) in [5.41, 5.74) is 0.984. The highest BCUT2D eigenvalue weighted by Gasteiger charge is 2.24. The second kappa shape index (κ2) is 6.39. The molecule has 0 aliphatic heterocycles. The summed E-state index contributed by atoms with van der Waals surface area (Å²) in [5, 5.41) is 12.8. The van der Waals surface area contributed by atoms with Crippen LogP contribution in [0, 0.1) is 5.82 Å². The Kier molecular flexibility index (Phi) is 4.33. The van der Waals surface area contributed by atoms with E-state index in [1.165, 1.54) is 23.5 Å². The number of hydrogen-bond acceptors (Lipinski definition) is 5. The van der Waals surface area contributed by atoms with Crippen molar-refractivity contribution in [1.82, 2.24) is 15.5 Å². The zero-order valence-electron chi connectivity index (χ0n) is 12.3. The number of hydrogen-bond donors (Lipinski definition) is 1. The Labute approximate surface area is 132 Å². The summed E-state index contributed by atoms with van der Waals surface area (Å²) < 4.78 is 12.9. The van der Waals surface area contributed by atoms with Crippen molar-refractivity contribution in [1.29, 1.82) is 0 Å². The number of anilines is 1. The fourth-order valence-corrected chi connectivity index (χ4v) is 2.86. The lowest BCUT2D eigenvalue weighted by Gasteiger charge is -2.14. The number of amides is 1. The van der Waals surface area contributed by atoms with Gasteiger partial charge in [0.2, 0.25) is 11.0 Å². The predicted octanol–water partition coefficient (Wildman–Crippen LogP) is 1.98. The number of aromatic nitrogens is 2. The maximum atomic E-state index is 12.9. The van der Waals surface area contributed by atoms with Crippen molar-refractivity contribution in [3.8, 4) is 0 Å². The van der Waals surface area contributed by atoms with Crippen LogP contribution in [0.1, 0.15) is 23.4 Å². The molecule has 1 amide bonds. The van der Waals surface area contributed by atoms with Gasteiger partial charge >= 0.3 is 0 Å². The average Bonchev–Trinajstić information content (AvgIpc) is 3.16. The lowest BCUT2D eigenvalue weighted by atomic mass is 10.2. The van der Waals surface area contributed by atoms with Crippen LogP contribution >= 0.6 is 11.3 Å². The Hall–Kier alpha value is -2.02. The second-order valence-corrected chi connectivity index (χ2v) is 6.52. The molecule has 1 aliphatic rings. The fraction of sp³-hybridized carbons (Fsp3) is 0.400. The fourth-order valence-electron chi connectivity index (χ4n) is 2.03. The molecule has 0 spiro atoms. The van der Waals surface area contributed by atoms with Gasteiger partial charge < -0.3 is 10.2 Å². The molecule has 0 radical (unpaired) electrons. The molecule has 22 heavy (non-hydrogen) atoms. The van der Waals surface area contributed by atoms with Crippen LogP contribution in [-0.2, 0) is 11.2 Å². The van der Waals surface area contributed by atoms with E-state index in [0.29, 0.717) is 17.6 Å². The number of carbonyl (C=O) groups excluding carboxylic acids is 1. The standard InChI is InChI=1S/C15H17FN4OS/c1-20(9-13(21)17-12-6-7-12)15-19-18-14(22-15)8-10-2-4-11(16)5-3-10/h2-5,12H,6-9H2,1H3,(H,17,21). The third-order valence-electron chi connectivity index (χ3n) is 3.37. The molecule has 0 unspecified atom stereocenters. The second-order valence-electron chi connectivity index (χ2n) is 5.48. The number of nitrogens with zero attached hydrogens (tertiary/aromatic N) is 3. The van der Waals surface area contributed by atoms with E-state index >= 15 is 0 Å². The molecule has 3 rings (SSSR count). The highest BCUT2D eigenvalue weighted by Crippen LogP contribution is 2.22. The smallest absolute Gasteiger partial charge is 0.239 e. The van der Waals surface area contributed by atoms with Gasteiger partial charge in [-0.1, -0.05) is 23.5 Å². The molecule has 7 heteroatoms. The maximum Gasteiger partial charge on any atom is 0.239 e. The first-order chi connectivity index (χ1) is 10.6. The molecule has 0 atom stereocenters. The van der Waals surface area contributed by atoms with Crippen LogP contribution in [0.5, 0.6) is 0 Å². The molecular weight excluding hydrogens is 303 g/mol. The van der Waals surface area contributed by atoms with Crippen molar-refractivity contribution < 1.29 is 9.18 Å². The molecule has 0 saturated heterocycles. The Morgan fingerprint density at radius 3 is 2.77 bits per heavy atom. The Balaban J connectivity index is 1.57. The molecule has 1 fully saturated rings. The van der Waals surface area contributed by atoms with Gasteiger partial charge in [-0.25, -0.2) is 4.39 Å². The summed E-state index contributed by atoms with van der Waals surface area (Å²) in [5.74, 6) is -0.233. The van der Waals surface area contributed by atoms with Crippen molar-refractivity contribution >= 4 is 22.4 Å². The average molecular weight is 320 g/mol. The van der Waals surface area contributed by atoms with Crippen molar-refractivity contribution in [2.75, 3.05) is 18.5 Å². The summed E-state index contributed by atoms with van der Waals surface area (Å²) in [6, 6.07) is 6.72. The molecule has 5 nitrogen and oxygen atoms in total. The van der Waals surface area contributed by atoms with E-state index < -0.39 is 0 Å². The lowest BCUT2D eigenvalue weighted by molar-refractivity contribution is -0.119. The molecule has 2 aromatic rings. The summed E-state index contributed by atoms with van der Waals surface area (Å²) in [4.78, 5) is 13.6. The molecule has 1 aliphatic carbocycles. The first-order valence-corrected chi connectivity index (χ1v) is 7.99. The van der Waals surface area contributed by atoms with E-state index in [2.05, 4.69) is 15.5 Å². The lowest BCUT2D eigenvalue weighted by Crippen LogP contribution is -2.36. The van der Waals surface area contributed by atoms with Crippen molar-refractivity contribution in [2.45, 2.75) is 25.3 Å². The third-order valence-corrected chi connectivity index (χ3v) is 4.41. The summed E-state index contributed by atoms with van der Waals surface area (Å²) in [7, 11) is 1.83. The topological polar surface area (TPSA) is 58.1 Å². The molecule has 1 aromatic heterocycles. The van der Waals surface area contributed by atoms with Crippen LogP contribution in [0.25, 0.3) is 0 Å². The highest BCUT2D eigenvalue weighted by atomic mass is 32.1. The van der Waals surface area contributed by atoms with Crippen LogP contribution in [0.15, 0.2) is 24.3 Å². The van der Waals surface area contributed by atoms with Crippen LogP contribution in [-0.4, -0.2) is 35.7 Å². The maximum absolute atomic E-state index is 12.9. The Morgan fingerprint density at radius 1 is 1.36 bits per heavy atom. The molecule has 1 aromatic carbocycles. The monoisotopic (exact) mass is 320 g/mol. The number of halogens is 1. The van der Waals surface area contributed by atoms with Gasteiger partial charge in [0.05, 0.1) is 6.54 Å². The van der Waals surface area contributed by atoms with E-state index in [1.807, 2.05) is 7.05 Å². The molecule has 0 bridgehead atoms. The van der Waals surface area contributed by atoms with Crippen LogP contribution < -0.4 is 10.2 Å². The molecular formula is C15H17FN4OS. The van der Waals surface area contributed by atoms with Gasteiger partial charge in [0.1, 0.15) is 10.8 Å². The van der Waals surface area contributed by atoms with E-state index in [1.54, 1.807) is 17.0 Å². The number of carbonyl (C=O) groups is 1. The van der Waals surface area contributed by atoms with Gasteiger partial charge in [-0.05, 0) is 30.5 Å². The van der Waals surface area contributed by atoms with Gasteiger partial charge in [0.15, 0.2) is 0 Å². The summed E-state index contributed by atoms with van der Waals surface area (Å²) >= 11 is 1.45. The predicted molar refractivity (Wildman–Crippen MR) is 83.5 cm³/mol. The SMILES string of the molecule is CN(CC(=O)NC1CC1)c1nnc(Cc2ccc(F)cc2)s1. The van der Waals surface area contributed by atoms with Crippen molar-refractivity contribution in [3.05, 3.63) is 40.7 Å². The Morgan fingerprint density at radius 2 is 2.09 bits per heavy atom. The zero-order chi connectivity index (χ0) is 15.5. The van der Waals surface area contributed by atoms with E-state index in [-0.39, 0.29) is 18.3 Å². The van der Waals surface area contributed by atoms with Crippen LogP contribution in [0.3, 0.4) is 0 Å². The molecule has 1 N–H and O–H groups in total. The third kappa shape index (κ3) is 4.00. The summed E-state index contributed by atoms with van der Waals surface area (Å²) in [6.07, 6.45) is 2.77. The number of likely N-dealkylation sites (N-methyl/N-ethyl adjacent to an activating group) is 1. The normalized spacial score (nSPS) is 13.9. The van der Waals surface area contributed by atoms with Crippen molar-refractivity contribution in [2.24, 2.45) is 0 Å². The minimum atomic E-state index is -0.247. The van der Waals surface area contributed by atoms with Gasteiger partial charge in [0.25, 0.3) is 0 Å². The van der Waals surface area contributed by atoms with Crippen LogP contribution in [0.4, 0.5) is 9.52 Å². The Bertz CT molecular complexity index is 654. The minimum absolute atomic E-state index is 0.0142. The highest BCUT2D eigenvalue weighted by molar-refractivity contribution is 7.15. The van der Waals surface area contributed by atoms with Crippen molar-refractivity contribution in [3.63, 3.8) is 0 Å². The number of nitrogens with one attached hydrogen (secondary N) is 1. The van der Waals surface area contributed by atoms with Gasteiger partial charge in [-0.3, -0.25) is 4.79 Å². The first kappa shape index (κ1) is 14.9. The van der Waals surface area contributed by atoms with Gasteiger partial charge in [-0.15, -0.1) is 10.2 Å². The van der Waals surface area contributed by atoms with E-state index in [9.17, 15) is 9.18 Å². The number of benzene rings is 1. The first-order valence-electron chi connectivity index (χ1n) is 7.17. The zero-order valence-corrected chi connectivity index (χ0v) is 13.1. The largest absolute Gasteiger partial charge is 0.352 e. The quantitative estimate of drug-likeness (QED) is 0.884. The molecule has 116 valence electrons. The van der Waals surface area contributed by atoms with Crippen LogP contribution in [0.2, 0.25) is 0 Å². The van der Waals surface area contributed by atoms with E-state index in [0.717, 1.165) is 23.4 Å². The van der Waals surface area contributed by atoms with Gasteiger partial charge in [-0.2, -0.15) is 0 Å². The number of rotatable bonds is 6. The van der Waals surface area contributed by atoms with Gasteiger partial charge in [0, 0.05) is 19.5 Å². The minimum Gasteiger partial charge on any atom is -0.352 e. The molecule has 1 saturated carbocycles. The summed E-state index contributed by atoms with van der Waals surface area (Å²) in [6.45, 7) is 0.279. The van der Waals surface area contributed by atoms with E-state index in [4.69, 9.17) is 0 Å².